The van der Waals surface area contributed by atoms with Crippen LogP contribution in [0.5, 0.6) is 0 Å². The molecule has 0 radical (unpaired) electrons. The van der Waals surface area contributed by atoms with Crippen molar-refractivity contribution in [3.63, 3.8) is 0 Å². The lowest BCUT2D eigenvalue weighted by molar-refractivity contribution is -0.144. The lowest BCUT2D eigenvalue weighted by Crippen LogP contribution is -2.31. The van der Waals surface area contributed by atoms with Crippen LogP contribution in [0, 0.1) is 0 Å². The number of halogens is 4. The second kappa shape index (κ2) is 6.57. The molecule has 0 atom stereocenters. The molecule has 0 aliphatic rings. The zero-order chi connectivity index (χ0) is 15.3. The highest BCUT2D eigenvalue weighted by Gasteiger charge is 2.34. The molecule has 3 N–H and O–H groups in total. The van der Waals surface area contributed by atoms with Gasteiger partial charge in [-0.3, -0.25) is 4.84 Å². The predicted octanol–water partition coefficient (Wildman–Crippen LogP) is 2.61. The number of alkyl halides is 3. The number of carboxylic acid groups (broad SMARTS) is 1. The van der Waals surface area contributed by atoms with Crippen molar-refractivity contribution in [1.82, 2.24) is 5.48 Å². The fraction of sp³-hybridized carbons (Fsp3) is 0.200. The number of urea groups is 1. The van der Waals surface area contributed by atoms with E-state index in [-0.39, 0.29) is 4.47 Å². The number of amides is 2. The molecule has 6 nitrogen and oxygen atoms in total. The van der Waals surface area contributed by atoms with Gasteiger partial charge in [-0.05, 0) is 18.2 Å². The number of hydroxylamine groups is 1. The van der Waals surface area contributed by atoms with Gasteiger partial charge in [0, 0.05) is 4.47 Å². The fourth-order valence-corrected chi connectivity index (χ4v) is 1.53. The van der Waals surface area contributed by atoms with Crippen molar-refractivity contribution in [3.05, 3.63) is 28.2 Å². The average molecular weight is 357 g/mol. The quantitative estimate of drug-likeness (QED) is 0.723. The maximum Gasteiger partial charge on any atom is 0.418 e. The third-order valence-corrected chi connectivity index (χ3v) is 2.39. The maximum atomic E-state index is 12.7. The minimum atomic E-state index is -4.66. The van der Waals surface area contributed by atoms with Crippen LogP contribution in [0.25, 0.3) is 0 Å². The van der Waals surface area contributed by atoms with E-state index in [9.17, 15) is 22.8 Å². The molecule has 0 fully saturated rings. The SMILES string of the molecule is O=C(O)CONC(=O)Nc1ccc(Br)cc1C(F)(F)F. The van der Waals surface area contributed by atoms with E-state index >= 15 is 0 Å². The maximum absolute atomic E-state index is 12.7. The minimum absolute atomic E-state index is 0.193. The molecule has 0 saturated heterocycles. The molecule has 0 aromatic heterocycles. The number of carboxylic acids is 1. The highest BCUT2D eigenvalue weighted by molar-refractivity contribution is 9.10. The summed E-state index contributed by atoms with van der Waals surface area (Å²) >= 11 is 2.89. The normalized spacial score (nSPS) is 11.0. The number of hydrogen-bond donors (Lipinski definition) is 3. The summed E-state index contributed by atoms with van der Waals surface area (Å²) in [7, 11) is 0. The topological polar surface area (TPSA) is 87.7 Å². The lowest BCUT2D eigenvalue weighted by atomic mass is 10.1. The van der Waals surface area contributed by atoms with Crippen LogP contribution < -0.4 is 10.8 Å². The molecule has 1 aromatic carbocycles. The highest BCUT2D eigenvalue weighted by Crippen LogP contribution is 2.36. The van der Waals surface area contributed by atoms with Crippen molar-refractivity contribution >= 4 is 33.6 Å². The van der Waals surface area contributed by atoms with Crippen molar-refractivity contribution in [3.8, 4) is 0 Å². The zero-order valence-corrected chi connectivity index (χ0v) is 11.2. The Balaban J connectivity index is 2.77. The molecule has 0 unspecified atom stereocenters. The first-order valence-electron chi connectivity index (χ1n) is 4.97. The smallest absolute Gasteiger partial charge is 0.418 e. The molecular weight excluding hydrogens is 349 g/mol. The highest BCUT2D eigenvalue weighted by atomic mass is 79.9. The molecule has 2 amide bonds. The van der Waals surface area contributed by atoms with Gasteiger partial charge in [-0.25, -0.2) is 15.1 Å². The van der Waals surface area contributed by atoms with Crippen LogP contribution in [-0.4, -0.2) is 23.7 Å². The van der Waals surface area contributed by atoms with Gasteiger partial charge in [0.15, 0.2) is 6.61 Å². The largest absolute Gasteiger partial charge is 0.479 e. The first kappa shape index (κ1) is 16.2. The van der Waals surface area contributed by atoms with Crippen LogP contribution in [0.2, 0.25) is 0 Å². The number of benzene rings is 1. The van der Waals surface area contributed by atoms with Gasteiger partial charge >= 0.3 is 18.2 Å². The Kier molecular flexibility index (Phi) is 5.34. The summed E-state index contributed by atoms with van der Waals surface area (Å²) in [5.74, 6) is -1.34. The number of nitrogens with one attached hydrogen (secondary N) is 2. The van der Waals surface area contributed by atoms with E-state index in [2.05, 4.69) is 20.8 Å². The first-order valence-corrected chi connectivity index (χ1v) is 5.77. The van der Waals surface area contributed by atoms with Gasteiger partial charge in [-0.1, -0.05) is 15.9 Å². The van der Waals surface area contributed by atoms with Crippen LogP contribution in [-0.2, 0) is 15.8 Å². The number of carbonyl (C=O) groups excluding carboxylic acids is 1. The zero-order valence-electron chi connectivity index (χ0n) is 9.62. The number of aliphatic carboxylic acids is 1. The summed E-state index contributed by atoms with van der Waals surface area (Å²) in [6.45, 7) is -0.820. The summed E-state index contributed by atoms with van der Waals surface area (Å²) in [5.41, 5.74) is 0.102. The van der Waals surface area contributed by atoms with Gasteiger partial charge in [0.05, 0.1) is 11.3 Å². The van der Waals surface area contributed by atoms with Crippen molar-refractivity contribution < 1.29 is 32.7 Å². The Hall–Kier alpha value is -1.81. The second-order valence-electron chi connectivity index (χ2n) is 3.43. The van der Waals surface area contributed by atoms with Crippen molar-refractivity contribution in [2.24, 2.45) is 0 Å². The Morgan fingerprint density at radius 1 is 1.35 bits per heavy atom. The van der Waals surface area contributed by atoms with E-state index in [1.165, 1.54) is 6.07 Å². The van der Waals surface area contributed by atoms with Crippen molar-refractivity contribution in [2.45, 2.75) is 6.18 Å². The summed E-state index contributed by atoms with van der Waals surface area (Å²) < 4.78 is 38.4. The van der Waals surface area contributed by atoms with Crippen LogP contribution in [0.3, 0.4) is 0 Å². The average Bonchev–Trinajstić information content (AvgIpc) is 2.29. The van der Waals surface area contributed by atoms with Gasteiger partial charge < -0.3 is 10.4 Å². The number of hydrogen-bond acceptors (Lipinski definition) is 3. The lowest BCUT2D eigenvalue weighted by Gasteiger charge is -2.14. The molecule has 0 heterocycles. The van der Waals surface area contributed by atoms with Crippen LogP contribution in [0.15, 0.2) is 22.7 Å². The van der Waals surface area contributed by atoms with Gasteiger partial charge in [0.2, 0.25) is 0 Å². The van der Waals surface area contributed by atoms with Gasteiger partial charge in [0.1, 0.15) is 0 Å². The summed E-state index contributed by atoms with van der Waals surface area (Å²) in [6.07, 6.45) is -4.66. The molecule has 1 rings (SSSR count). The summed E-state index contributed by atoms with van der Waals surface area (Å²) in [6, 6.07) is 2.03. The minimum Gasteiger partial charge on any atom is -0.479 e. The van der Waals surface area contributed by atoms with Crippen molar-refractivity contribution in [1.29, 1.82) is 0 Å². The molecule has 0 aliphatic heterocycles. The number of rotatable bonds is 4. The van der Waals surface area contributed by atoms with Gasteiger partial charge in [-0.15, -0.1) is 0 Å². The van der Waals surface area contributed by atoms with Crippen LogP contribution in [0.1, 0.15) is 5.56 Å². The monoisotopic (exact) mass is 356 g/mol. The van der Waals surface area contributed by atoms with E-state index in [0.717, 1.165) is 12.1 Å². The molecule has 1 aromatic rings. The molecule has 0 aliphatic carbocycles. The van der Waals surface area contributed by atoms with E-state index in [1.807, 2.05) is 5.32 Å². The summed E-state index contributed by atoms with van der Waals surface area (Å²) in [4.78, 5) is 25.6. The van der Waals surface area contributed by atoms with E-state index in [0.29, 0.717) is 0 Å². The van der Waals surface area contributed by atoms with E-state index < -0.39 is 36.0 Å². The third-order valence-electron chi connectivity index (χ3n) is 1.90. The van der Waals surface area contributed by atoms with E-state index in [1.54, 1.807) is 5.48 Å². The Morgan fingerprint density at radius 2 is 2.00 bits per heavy atom. The summed E-state index contributed by atoms with van der Waals surface area (Å²) in [5, 5.41) is 10.2. The second-order valence-corrected chi connectivity index (χ2v) is 4.34. The fourth-order valence-electron chi connectivity index (χ4n) is 1.17. The third kappa shape index (κ3) is 5.05. The van der Waals surface area contributed by atoms with E-state index in [4.69, 9.17) is 5.11 Å². The molecule has 20 heavy (non-hydrogen) atoms. The van der Waals surface area contributed by atoms with Crippen molar-refractivity contribution in [2.75, 3.05) is 11.9 Å². The Labute approximate surface area is 119 Å². The molecule has 0 bridgehead atoms. The van der Waals surface area contributed by atoms with Gasteiger partial charge in [0.25, 0.3) is 0 Å². The molecular formula is C10H8BrF3N2O4. The number of anilines is 1. The molecule has 0 saturated carbocycles. The molecule has 110 valence electrons. The van der Waals surface area contributed by atoms with Gasteiger partial charge in [-0.2, -0.15) is 13.2 Å². The van der Waals surface area contributed by atoms with Crippen LogP contribution >= 0.6 is 15.9 Å². The van der Waals surface area contributed by atoms with Crippen LogP contribution in [0.4, 0.5) is 23.7 Å². The standard InChI is InChI=1S/C10H8BrF3N2O4/c11-5-1-2-7(6(3-5)10(12,13)14)15-9(19)16-20-4-8(17)18/h1-3H,4H2,(H,17,18)(H2,15,16,19). The Morgan fingerprint density at radius 3 is 2.55 bits per heavy atom. The molecule has 0 spiro atoms. The first-order chi connectivity index (χ1) is 9.20. The predicted molar refractivity (Wildman–Crippen MR) is 64.9 cm³/mol. The Bertz CT molecular complexity index is 522. The molecule has 10 heteroatoms. The number of carbonyl (C=O) groups is 2.